The summed E-state index contributed by atoms with van der Waals surface area (Å²) < 4.78 is 5.58. The largest absolute Gasteiger partial charge is 0.454 e. The minimum absolute atomic E-state index is 0.335. The van der Waals surface area contributed by atoms with Crippen molar-refractivity contribution in [3.8, 4) is 17.6 Å². The summed E-state index contributed by atoms with van der Waals surface area (Å²) in [5.74, 6) is 0.789. The standard InChI is InChI=1S/C13H8Cl2N2O/c14-9-2-4-12(8(5-9)7-16)18-13-6-10(15)1-3-11(13)17/h1-6H,17H2. The van der Waals surface area contributed by atoms with Gasteiger partial charge in [-0.25, -0.2) is 0 Å². The van der Waals surface area contributed by atoms with Crippen LogP contribution < -0.4 is 10.5 Å². The number of nitrogens with zero attached hydrogens (tertiary/aromatic N) is 1. The molecule has 5 heteroatoms. The van der Waals surface area contributed by atoms with Crippen LogP contribution in [0, 0.1) is 11.3 Å². The molecule has 0 unspecified atom stereocenters. The van der Waals surface area contributed by atoms with Crippen LogP contribution >= 0.6 is 23.2 Å². The van der Waals surface area contributed by atoms with Gasteiger partial charge in [-0.15, -0.1) is 0 Å². The zero-order valence-corrected chi connectivity index (χ0v) is 10.7. The van der Waals surface area contributed by atoms with E-state index in [-0.39, 0.29) is 0 Å². The summed E-state index contributed by atoms with van der Waals surface area (Å²) in [6.45, 7) is 0. The fourth-order valence-electron chi connectivity index (χ4n) is 1.39. The molecule has 2 aromatic rings. The van der Waals surface area contributed by atoms with Gasteiger partial charge in [0.1, 0.15) is 11.8 Å². The molecule has 0 fully saturated rings. The number of nitrogens with two attached hydrogens (primary N) is 1. The van der Waals surface area contributed by atoms with Gasteiger partial charge >= 0.3 is 0 Å². The number of rotatable bonds is 2. The van der Waals surface area contributed by atoms with E-state index in [1.807, 2.05) is 6.07 Å². The van der Waals surface area contributed by atoms with Gasteiger partial charge in [-0.2, -0.15) is 5.26 Å². The summed E-state index contributed by atoms with van der Waals surface area (Å²) in [6.07, 6.45) is 0. The van der Waals surface area contributed by atoms with Crippen molar-refractivity contribution in [1.29, 1.82) is 5.26 Å². The van der Waals surface area contributed by atoms with Gasteiger partial charge in [-0.1, -0.05) is 23.2 Å². The maximum atomic E-state index is 9.00. The number of hydrogen-bond donors (Lipinski definition) is 1. The molecule has 18 heavy (non-hydrogen) atoms. The van der Waals surface area contributed by atoms with Crippen LogP contribution in [0.3, 0.4) is 0 Å². The average molecular weight is 279 g/mol. The van der Waals surface area contributed by atoms with E-state index in [1.165, 1.54) is 6.07 Å². The summed E-state index contributed by atoms with van der Waals surface area (Å²) in [4.78, 5) is 0. The Balaban J connectivity index is 2.40. The van der Waals surface area contributed by atoms with Crippen LogP contribution in [0.1, 0.15) is 5.56 Å². The quantitative estimate of drug-likeness (QED) is 0.836. The van der Waals surface area contributed by atoms with E-state index >= 15 is 0 Å². The van der Waals surface area contributed by atoms with E-state index in [0.717, 1.165) is 0 Å². The number of anilines is 1. The first kappa shape index (κ1) is 12.6. The Morgan fingerprint density at radius 1 is 1.00 bits per heavy atom. The van der Waals surface area contributed by atoms with Crippen molar-refractivity contribution >= 4 is 28.9 Å². The van der Waals surface area contributed by atoms with Gasteiger partial charge in [0, 0.05) is 16.1 Å². The van der Waals surface area contributed by atoms with Gasteiger partial charge in [0.05, 0.1) is 11.3 Å². The molecule has 2 aromatic carbocycles. The average Bonchev–Trinajstić information content (AvgIpc) is 2.36. The maximum absolute atomic E-state index is 9.00. The van der Waals surface area contributed by atoms with Crippen LogP contribution in [-0.4, -0.2) is 0 Å². The summed E-state index contributed by atoms with van der Waals surface area (Å²) in [5, 5.41) is 9.98. The SMILES string of the molecule is N#Cc1cc(Cl)ccc1Oc1cc(Cl)ccc1N. The van der Waals surface area contributed by atoms with E-state index in [4.69, 9.17) is 38.9 Å². The van der Waals surface area contributed by atoms with Crippen LogP contribution in [0.2, 0.25) is 10.0 Å². The number of hydrogen-bond acceptors (Lipinski definition) is 3. The van der Waals surface area contributed by atoms with Crippen molar-refractivity contribution in [3.05, 3.63) is 52.0 Å². The zero-order valence-electron chi connectivity index (χ0n) is 9.15. The van der Waals surface area contributed by atoms with E-state index in [9.17, 15) is 0 Å². The van der Waals surface area contributed by atoms with Crippen molar-refractivity contribution in [3.63, 3.8) is 0 Å². The molecular formula is C13H8Cl2N2O. The number of ether oxygens (including phenoxy) is 1. The number of nitrogen functional groups attached to an aromatic ring is 1. The highest BCUT2D eigenvalue weighted by Gasteiger charge is 2.08. The van der Waals surface area contributed by atoms with Crippen LogP contribution in [-0.2, 0) is 0 Å². The molecule has 0 bridgehead atoms. The fraction of sp³-hybridized carbons (Fsp3) is 0. The Hall–Kier alpha value is -1.89. The molecule has 2 rings (SSSR count). The molecule has 2 N–H and O–H groups in total. The summed E-state index contributed by atoms with van der Waals surface area (Å²) in [7, 11) is 0. The minimum Gasteiger partial charge on any atom is -0.454 e. The molecule has 0 aliphatic rings. The second-order valence-corrected chi connectivity index (χ2v) is 4.41. The van der Waals surface area contributed by atoms with Crippen molar-refractivity contribution in [2.45, 2.75) is 0 Å². The lowest BCUT2D eigenvalue weighted by atomic mass is 10.2. The molecule has 0 aromatic heterocycles. The Bertz CT molecular complexity index is 635. The molecule has 0 radical (unpaired) electrons. The summed E-state index contributed by atoms with van der Waals surface area (Å²) in [6, 6.07) is 11.7. The van der Waals surface area contributed by atoms with E-state index in [1.54, 1.807) is 30.3 Å². The highest BCUT2D eigenvalue weighted by molar-refractivity contribution is 6.31. The van der Waals surface area contributed by atoms with Gasteiger partial charge in [0.2, 0.25) is 0 Å². The molecule has 0 saturated carbocycles. The second kappa shape index (κ2) is 5.18. The van der Waals surface area contributed by atoms with Gasteiger partial charge < -0.3 is 10.5 Å². The first-order valence-electron chi connectivity index (χ1n) is 5.02. The van der Waals surface area contributed by atoms with Crippen LogP contribution in [0.5, 0.6) is 11.5 Å². The molecule has 90 valence electrons. The molecule has 0 heterocycles. The van der Waals surface area contributed by atoms with E-state index in [0.29, 0.717) is 32.8 Å². The predicted octanol–water partition coefficient (Wildman–Crippen LogP) is 4.24. The van der Waals surface area contributed by atoms with Gasteiger partial charge in [0.15, 0.2) is 5.75 Å². The molecule has 3 nitrogen and oxygen atoms in total. The topological polar surface area (TPSA) is 59.0 Å². The van der Waals surface area contributed by atoms with Crippen LogP contribution in [0.15, 0.2) is 36.4 Å². The normalized spacial score (nSPS) is 9.83. The van der Waals surface area contributed by atoms with Crippen LogP contribution in [0.4, 0.5) is 5.69 Å². The fourth-order valence-corrected chi connectivity index (χ4v) is 1.73. The molecule has 0 aliphatic carbocycles. The minimum atomic E-state index is 0.335. The third kappa shape index (κ3) is 2.67. The van der Waals surface area contributed by atoms with Crippen molar-refractivity contribution in [2.24, 2.45) is 0 Å². The number of halogens is 2. The smallest absolute Gasteiger partial charge is 0.151 e. The molecule has 0 atom stereocenters. The third-order valence-corrected chi connectivity index (χ3v) is 2.73. The van der Waals surface area contributed by atoms with Crippen LogP contribution in [0.25, 0.3) is 0 Å². The third-order valence-electron chi connectivity index (χ3n) is 2.26. The lowest BCUT2D eigenvalue weighted by Gasteiger charge is -2.10. The second-order valence-electron chi connectivity index (χ2n) is 3.54. The highest BCUT2D eigenvalue weighted by atomic mass is 35.5. The molecule has 0 spiro atoms. The van der Waals surface area contributed by atoms with Gasteiger partial charge in [0.25, 0.3) is 0 Å². The summed E-state index contributed by atoms with van der Waals surface area (Å²) in [5.41, 5.74) is 6.54. The molecule has 0 aliphatic heterocycles. The first-order chi connectivity index (χ1) is 8.60. The maximum Gasteiger partial charge on any atom is 0.151 e. The molecule has 0 amide bonds. The van der Waals surface area contributed by atoms with Gasteiger partial charge in [-0.3, -0.25) is 0 Å². The van der Waals surface area contributed by atoms with E-state index < -0.39 is 0 Å². The monoisotopic (exact) mass is 278 g/mol. The summed E-state index contributed by atoms with van der Waals surface area (Å²) >= 11 is 11.7. The molecule has 0 saturated heterocycles. The van der Waals surface area contributed by atoms with Crippen molar-refractivity contribution in [1.82, 2.24) is 0 Å². The Morgan fingerprint density at radius 3 is 2.39 bits per heavy atom. The Labute approximate surface area is 114 Å². The lowest BCUT2D eigenvalue weighted by molar-refractivity contribution is 0.483. The number of nitriles is 1. The Kier molecular flexibility index (Phi) is 3.61. The first-order valence-corrected chi connectivity index (χ1v) is 5.78. The van der Waals surface area contributed by atoms with Gasteiger partial charge in [-0.05, 0) is 30.3 Å². The lowest BCUT2D eigenvalue weighted by Crippen LogP contribution is -1.93. The Morgan fingerprint density at radius 2 is 1.67 bits per heavy atom. The number of benzene rings is 2. The predicted molar refractivity (Wildman–Crippen MR) is 72.1 cm³/mol. The molecular weight excluding hydrogens is 271 g/mol. The zero-order chi connectivity index (χ0) is 13.1. The highest BCUT2D eigenvalue weighted by Crippen LogP contribution is 2.32. The van der Waals surface area contributed by atoms with Crippen molar-refractivity contribution < 1.29 is 4.74 Å². The van der Waals surface area contributed by atoms with Crippen molar-refractivity contribution in [2.75, 3.05) is 5.73 Å². The van der Waals surface area contributed by atoms with E-state index in [2.05, 4.69) is 0 Å².